The molecule has 0 atom stereocenters. The van der Waals surface area contributed by atoms with Crippen molar-refractivity contribution >= 4 is 23.6 Å². The average molecular weight is 243 g/mol. The summed E-state index contributed by atoms with van der Waals surface area (Å²) in [5.41, 5.74) is 0.469. The van der Waals surface area contributed by atoms with Crippen molar-refractivity contribution in [3.63, 3.8) is 0 Å². The van der Waals surface area contributed by atoms with E-state index in [4.69, 9.17) is 11.6 Å². The van der Waals surface area contributed by atoms with E-state index in [1.807, 2.05) is 0 Å². The molecule has 5 nitrogen and oxygen atoms in total. The van der Waals surface area contributed by atoms with Gasteiger partial charge in [0.1, 0.15) is 0 Å². The van der Waals surface area contributed by atoms with Gasteiger partial charge in [-0.25, -0.2) is 4.79 Å². The minimum atomic E-state index is -0.601. The Morgan fingerprint density at radius 3 is 2.44 bits per heavy atom. The molecular weight excluding hydrogens is 232 g/mol. The van der Waals surface area contributed by atoms with Crippen LogP contribution < -0.4 is 10.6 Å². The number of carbonyl (C=O) groups excluding carboxylic acids is 2. The van der Waals surface area contributed by atoms with Crippen LogP contribution in [0, 0.1) is 0 Å². The molecule has 16 heavy (non-hydrogen) atoms. The van der Waals surface area contributed by atoms with Crippen LogP contribution in [0.4, 0.5) is 4.79 Å². The number of rotatable bonds is 3. The van der Waals surface area contributed by atoms with Crippen LogP contribution >= 0.6 is 11.6 Å². The van der Waals surface area contributed by atoms with Crippen molar-refractivity contribution in [2.24, 2.45) is 0 Å². The molecule has 0 fully saturated rings. The van der Waals surface area contributed by atoms with Crippen LogP contribution in [0.1, 0.15) is 10.4 Å². The van der Waals surface area contributed by atoms with Gasteiger partial charge in [0.25, 0.3) is 5.91 Å². The maximum Gasteiger partial charge on any atom is 0.408 e. The number of hydrogen-bond acceptors (Lipinski definition) is 3. The summed E-state index contributed by atoms with van der Waals surface area (Å²) >= 11 is 5.68. The third-order valence-corrected chi connectivity index (χ3v) is 2.03. The second-order valence-corrected chi connectivity index (χ2v) is 3.29. The standard InChI is InChI=1S/C10H11ClN2O3/c1-16-10(15)13-6-12-9(14)7-2-4-8(11)5-3-7/h2-5H,6H2,1H3,(H,12,14)(H,13,15). The Morgan fingerprint density at radius 1 is 1.25 bits per heavy atom. The fourth-order valence-corrected chi connectivity index (χ4v) is 1.10. The Bertz CT molecular complexity index is 378. The molecule has 0 aliphatic carbocycles. The van der Waals surface area contributed by atoms with Gasteiger partial charge in [-0.1, -0.05) is 11.6 Å². The first-order valence-corrected chi connectivity index (χ1v) is 4.87. The number of benzene rings is 1. The largest absolute Gasteiger partial charge is 0.453 e. The predicted octanol–water partition coefficient (Wildman–Crippen LogP) is 1.38. The molecule has 0 aliphatic rings. The molecule has 0 saturated heterocycles. The van der Waals surface area contributed by atoms with Gasteiger partial charge in [0, 0.05) is 10.6 Å². The first-order valence-electron chi connectivity index (χ1n) is 4.49. The lowest BCUT2D eigenvalue weighted by Gasteiger charge is -2.06. The van der Waals surface area contributed by atoms with Gasteiger partial charge in [0.2, 0.25) is 0 Å². The normalized spacial score (nSPS) is 9.38. The van der Waals surface area contributed by atoms with E-state index in [9.17, 15) is 9.59 Å². The number of halogens is 1. The van der Waals surface area contributed by atoms with E-state index in [2.05, 4.69) is 15.4 Å². The molecule has 0 spiro atoms. The van der Waals surface area contributed by atoms with Crippen molar-refractivity contribution < 1.29 is 14.3 Å². The van der Waals surface area contributed by atoms with E-state index in [0.29, 0.717) is 10.6 Å². The molecule has 86 valence electrons. The first kappa shape index (κ1) is 12.3. The molecule has 6 heteroatoms. The summed E-state index contributed by atoms with van der Waals surface area (Å²) in [7, 11) is 1.25. The van der Waals surface area contributed by atoms with E-state index in [0.717, 1.165) is 0 Å². The fraction of sp³-hybridized carbons (Fsp3) is 0.200. The highest BCUT2D eigenvalue weighted by molar-refractivity contribution is 6.30. The summed E-state index contributed by atoms with van der Waals surface area (Å²) < 4.78 is 4.33. The zero-order chi connectivity index (χ0) is 12.0. The number of methoxy groups -OCH3 is 1. The second kappa shape index (κ2) is 5.97. The lowest BCUT2D eigenvalue weighted by atomic mass is 10.2. The minimum Gasteiger partial charge on any atom is -0.453 e. The van der Waals surface area contributed by atoms with Crippen molar-refractivity contribution in [1.29, 1.82) is 0 Å². The number of nitrogens with one attached hydrogen (secondary N) is 2. The Morgan fingerprint density at radius 2 is 1.88 bits per heavy atom. The van der Waals surface area contributed by atoms with E-state index < -0.39 is 6.09 Å². The molecule has 2 N–H and O–H groups in total. The molecule has 1 aromatic carbocycles. The Hall–Kier alpha value is -1.75. The maximum atomic E-state index is 11.5. The Balaban J connectivity index is 2.41. The summed E-state index contributed by atoms with van der Waals surface area (Å²) in [6, 6.07) is 6.42. The van der Waals surface area contributed by atoms with Crippen LogP contribution in [0.3, 0.4) is 0 Å². The van der Waals surface area contributed by atoms with Crippen molar-refractivity contribution in [2.75, 3.05) is 13.8 Å². The quantitative estimate of drug-likeness (QED) is 0.787. The number of alkyl carbamates (subject to hydrolysis) is 1. The van der Waals surface area contributed by atoms with E-state index in [-0.39, 0.29) is 12.6 Å². The van der Waals surface area contributed by atoms with Gasteiger partial charge in [-0.15, -0.1) is 0 Å². The van der Waals surface area contributed by atoms with E-state index in [1.54, 1.807) is 24.3 Å². The number of carbonyl (C=O) groups is 2. The van der Waals surface area contributed by atoms with E-state index >= 15 is 0 Å². The topological polar surface area (TPSA) is 67.4 Å². The van der Waals surface area contributed by atoms with Gasteiger partial charge in [-0.05, 0) is 24.3 Å². The first-order chi connectivity index (χ1) is 7.63. The highest BCUT2D eigenvalue weighted by atomic mass is 35.5. The van der Waals surface area contributed by atoms with Crippen LogP contribution in [0.5, 0.6) is 0 Å². The van der Waals surface area contributed by atoms with Gasteiger partial charge >= 0.3 is 6.09 Å². The maximum absolute atomic E-state index is 11.5. The molecule has 0 aromatic heterocycles. The molecule has 0 unspecified atom stereocenters. The summed E-state index contributed by atoms with van der Waals surface area (Å²) in [4.78, 5) is 22.2. The highest BCUT2D eigenvalue weighted by Crippen LogP contribution is 2.08. The van der Waals surface area contributed by atoms with Gasteiger partial charge < -0.3 is 15.4 Å². The third-order valence-electron chi connectivity index (χ3n) is 1.77. The van der Waals surface area contributed by atoms with Crippen molar-refractivity contribution in [1.82, 2.24) is 10.6 Å². The minimum absolute atomic E-state index is 0.00807. The molecular formula is C10H11ClN2O3. The molecule has 0 aliphatic heterocycles. The van der Waals surface area contributed by atoms with Gasteiger partial charge in [-0.2, -0.15) is 0 Å². The Kier molecular flexibility index (Phi) is 4.60. The fourth-order valence-electron chi connectivity index (χ4n) is 0.972. The molecule has 1 aromatic rings. The number of hydrogen-bond donors (Lipinski definition) is 2. The van der Waals surface area contributed by atoms with Gasteiger partial charge in [-0.3, -0.25) is 4.79 Å². The summed E-state index contributed by atoms with van der Waals surface area (Å²) in [5, 5.41) is 5.37. The van der Waals surface area contributed by atoms with Crippen molar-refractivity contribution in [3.8, 4) is 0 Å². The molecule has 0 saturated carbocycles. The van der Waals surface area contributed by atoms with Crippen molar-refractivity contribution in [2.45, 2.75) is 0 Å². The molecule has 0 bridgehead atoms. The Labute approximate surface area is 97.7 Å². The second-order valence-electron chi connectivity index (χ2n) is 2.86. The molecule has 0 radical (unpaired) electrons. The molecule has 2 amide bonds. The predicted molar refractivity (Wildman–Crippen MR) is 59.3 cm³/mol. The summed E-state index contributed by atoms with van der Waals surface area (Å²) in [5.74, 6) is -0.298. The zero-order valence-corrected chi connectivity index (χ0v) is 9.38. The lowest BCUT2D eigenvalue weighted by Crippen LogP contribution is -2.37. The molecule has 1 rings (SSSR count). The van der Waals surface area contributed by atoms with Crippen LogP contribution in [-0.2, 0) is 4.74 Å². The van der Waals surface area contributed by atoms with Crippen LogP contribution in [0.25, 0.3) is 0 Å². The highest BCUT2D eigenvalue weighted by Gasteiger charge is 2.04. The smallest absolute Gasteiger partial charge is 0.408 e. The monoisotopic (exact) mass is 242 g/mol. The van der Waals surface area contributed by atoms with Crippen LogP contribution in [-0.4, -0.2) is 25.8 Å². The van der Waals surface area contributed by atoms with Crippen LogP contribution in [0.2, 0.25) is 5.02 Å². The number of amides is 2. The summed E-state index contributed by atoms with van der Waals surface area (Å²) in [6.07, 6.45) is -0.601. The average Bonchev–Trinajstić information content (AvgIpc) is 2.29. The zero-order valence-electron chi connectivity index (χ0n) is 8.62. The SMILES string of the molecule is COC(=O)NCNC(=O)c1ccc(Cl)cc1. The van der Waals surface area contributed by atoms with Gasteiger partial charge in [0.05, 0.1) is 13.8 Å². The molecule has 0 heterocycles. The third kappa shape index (κ3) is 3.78. The van der Waals surface area contributed by atoms with Crippen LogP contribution in [0.15, 0.2) is 24.3 Å². The lowest BCUT2D eigenvalue weighted by molar-refractivity contribution is 0.0950. The van der Waals surface area contributed by atoms with Gasteiger partial charge in [0.15, 0.2) is 0 Å². The number of ether oxygens (including phenoxy) is 1. The summed E-state index contributed by atoms with van der Waals surface area (Å²) in [6.45, 7) is 0.00807. The van der Waals surface area contributed by atoms with Crippen molar-refractivity contribution in [3.05, 3.63) is 34.9 Å². The van der Waals surface area contributed by atoms with E-state index in [1.165, 1.54) is 7.11 Å².